The van der Waals surface area contributed by atoms with Crippen LogP contribution in [-0.2, 0) is 10.0 Å². The quantitative estimate of drug-likeness (QED) is 0.840. The maximum atomic E-state index is 12.5. The predicted octanol–water partition coefficient (Wildman–Crippen LogP) is 1.66. The number of sulfonamides is 1. The van der Waals surface area contributed by atoms with Crippen molar-refractivity contribution in [1.82, 2.24) is 4.31 Å². The number of nitrogens with zero attached hydrogens (tertiary/aromatic N) is 1. The molecule has 1 aromatic carbocycles. The van der Waals surface area contributed by atoms with Crippen molar-refractivity contribution in [2.24, 2.45) is 11.7 Å². The van der Waals surface area contributed by atoms with Crippen molar-refractivity contribution in [3.63, 3.8) is 0 Å². The van der Waals surface area contributed by atoms with Crippen LogP contribution in [0.2, 0.25) is 0 Å². The Hall–Kier alpha value is -1.35. The van der Waals surface area contributed by atoms with Crippen LogP contribution in [0.3, 0.4) is 0 Å². The van der Waals surface area contributed by atoms with Gasteiger partial charge in [-0.2, -0.15) is 0 Å². The Labute approximate surface area is 122 Å². The molecule has 110 valence electrons. The Morgan fingerprint density at radius 1 is 1.40 bits per heavy atom. The van der Waals surface area contributed by atoms with E-state index in [1.165, 1.54) is 4.31 Å². The monoisotopic (exact) mass is 294 g/mol. The lowest BCUT2D eigenvalue weighted by atomic mass is 10.1. The molecule has 0 amide bonds. The molecule has 0 aliphatic heterocycles. The van der Waals surface area contributed by atoms with Crippen molar-refractivity contribution in [2.75, 3.05) is 20.1 Å². The number of nitrogens with two attached hydrogens (primary N) is 1. The molecule has 0 bridgehead atoms. The minimum atomic E-state index is -3.46. The molecule has 2 N–H and O–H groups in total. The van der Waals surface area contributed by atoms with Crippen LogP contribution in [0.5, 0.6) is 0 Å². The third kappa shape index (κ3) is 4.34. The highest BCUT2D eigenvalue weighted by Gasteiger charge is 2.21. The number of hydrogen-bond acceptors (Lipinski definition) is 3. The molecule has 1 rings (SSSR count). The van der Waals surface area contributed by atoms with Crippen molar-refractivity contribution in [3.8, 4) is 11.8 Å². The molecule has 0 radical (unpaired) electrons. The Kier molecular flexibility index (Phi) is 6.21. The van der Waals surface area contributed by atoms with Crippen LogP contribution < -0.4 is 5.73 Å². The smallest absolute Gasteiger partial charge is 0.242 e. The fourth-order valence-electron chi connectivity index (χ4n) is 1.73. The summed E-state index contributed by atoms with van der Waals surface area (Å²) in [5.74, 6) is 5.90. The van der Waals surface area contributed by atoms with Crippen LogP contribution in [0, 0.1) is 17.8 Å². The van der Waals surface area contributed by atoms with Gasteiger partial charge in [0.25, 0.3) is 0 Å². The van der Waals surface area contributed by atoms with E-state index >= 15 is 0 Å². The highest BCUT2D eigenvalue weighted by molar-refractivity contribution is 7.89. The highest BCUT2D eigenvalue weighted by atomic mass is 32.2. The Balaban J connectivity index is 3.03. The summed E-state index contributed by atoms with van der Waals surface area (Å²) in [6.45, 7) is 4.85. The third-order valence-electron chi connectivity index (χ3n) is 3.14. The second kappa shape index (κ2) is 7.44. The van der Waals surface area contributed by atoms with E-state index in [4.69, 9.17) is 5.73 Å². The highest BCUT2D eigenvalue weighted by Crippen LogP contribution is 2.17. The number of rotatable bonds is 5. The van der Waals surface area contributed by atoms with E-state index in [1.807, 2.05) is 13.8 Å². The van der Waals surface area contributed by atoms with Crippen LogP contribution >= 0.6 is 0 Å². The molecule has 20 heavy (non-hydrogen) atoms. The lowest BCUT2D eigenvalue weighted by Crippen LogP contribution is -2.31. The molecule has 1 aromatic rings. The van der Waals surface area contributed by atoms with Crippen LogP contribution in [0.4, 0.5) is 0 Å². The summed E-state index contributed by atoms with van der Waals surface area (Å²) in [5.41, 5.74) is 5.98. The third-order valence-corrected chi connectivity index (χ3v) is 4.96. The predicted molar refractivity (Wildman–Crippen MR) is 81.6 cm³/mol. The van der Waals surface area contributed by atoms with Crippen molar-refractivity contribution >= 4 is 10.0 Å². The summed E-state index contributed by atoms with van der Waals surface area (Å²) in [4.78, 5) is 0.270. The Morgan fingerprint density at radius 2 is 2.10 bits per heavy atom. The zero-order chi connectivity index (χ0) is 15.2. The van der Waals surface area contributed by atoms with Gasteiger partial charge >= 0.3 is 0 Å². The molecule has 0 aliphatic carbocycles. The van der Waals surface area contributed by atoms with Gasteiger partial charge in [-0.3, -0.25) is 0 Å². The van der Waals surface area contributed by atoms with Crippen molar-refractivity contribution < 1.29 is 8.42 Å². The molecule has 4 nitrogen and oxygen atoms in total. The lowest BCUT2D eigenvalue weighted by molar-refractivity contribution is 0.393. The molecule has 5 heteroatoms. The van der Waals surface area contributed by atoms with Crippen molar-refractivity contribution in [2.45, 2.75) is 25.2 Å². The Morgan fingerprint density at radius 3 is 2.70 bits per heavy atom. The largest absolute Gasteiger partial charge is 0.320 e. The first-order chi connectivity index (χ1) is 9.41. The van der Waals surface area contributed by atoms with Crippen molar-refractivity contribution in [1.29, 1.82) is 0 Å². The molecule has 0 saturated carbocycles. The zero-order valence-electron chi connectivity index (χ0n) is 12.3. The molecular weight excluding hydrogens is 272 g/mol. The van der Waals surface area contributed by atoms with Crippen LogP contribution in [0.25, 0.3) is 0 Å². The van der Waals surface area contributed by atoms with Gasteiger partial charge in [-0.15, -0.1) is 0 Å². The average molecular weight is 294 g/mol. The summed E-state index contributed by atoms with van der Waals surface area (Å²) in [6, 6.07) is 6.65. The van der Waals surface area contributed by atoms with E-state index < -0.39 is 10.0 Å². The van der Waals surface area contributed by atoms with Crippen LogP contribution in [0.1, 0.15) is 25.8 Å². The van der Waals surface area contributed by atoms with Gasteiger partial charge in [-0.05, 0) is 24.1 Å². The van der Waals surface area contributed by atoms with Crippen molar-refractivity contribution in [3.05, 3.63) is 29.8 Å². The maximum absolute atomic E-state index is 12.5. The SMILES string of the molecule is CCC(C)CN(C)S(=O)(=O)c1cccc(C#CCN)c1. The first-order valence-corrected chi connectivity index (χ1v) is 8.11. The summed E-state index contributed by atoms with van der Waals surface area (Å²) in [7, 11) is -1.85. The first kappa shape index (κ1) is 16.7. The fourth-order valence-corrected chi connectivity index (χ4v) is 3.07. The van der Waals surface area contributed by atoms with E-state index in [1.54, 1.807) is 31.3 Å². The molecule has 0 heterocycles. The molecule has 0 fully saturated rings. The standard InChI is InChI=1S/C15H22N2O2S/c1-4-13(2)12-17(3)20(18,19)15-9-5-7-14(11-15)8-6-10-16/h5,7,9,11,13H,4,10,12,16H2,1-3H3. The average Bonchev–Trinajstić information content (AvgIpc) is 2.45. The Bertz CT molecular complexity index is 600. The van der Waals surface area contributed by atoms with Crippen LogP contribution in [-0.4, -0.2) is 32.9 Å². The van der Waals surface area contributed by atoms with Gasteiger partial charge in [0.15, 0.2) is 0 Å². The zero-order valence-corrected chi connectivity index (χ0v) is 13.1. The minimum Gasteiger partial charge on any atom is -0.320 e. The molecule has 0 saturated heterocycles. The van der Waals surface area contributed by atoms with E-state index in [2.05, 4.69) is 11.8 Å². The normalized spacial score (nSPS) is 12.8. The van der Waals surface area contributed by atoms with Gasteiger partial charge in [0.05, 0.1) is 11.4 Å². The lowest BCUT2D eigenvalue weighted by Gasteiger charge is -2.20. The van der Waals surface area contributed by atoms with E-state index in [-0.39, 0.29) is 11.4 Å². The van der Waals surface area contributed by atoms with Gasteiger partial charge < -0.3 is 5.73 Å². The molecule has 0 aromatic heterocycles. The summed E-state index contributed by atoms with van der Waals surface area (Å²) >= 11 is 0. The van der Waals surface area contributed by atoms with Gasteiger partial charge in [0.1, 0.15) is 0 Å². The van der Waals surface area contributed by atoms with Crippen LogP contribution in [0.15, 0.2) is 29.2 Å². The summed E-state index contributed by atoms with van der Waals surface area (Å²) < 4.78 is 26.3. The molecule has 0 spiro atoms. The summed E-state index contributed by atoms with van der Waals surface area (Å²) in [6.07, 6.45) is 0.946. The maximum Gasteiger partial charge on any atom is 0.242 e. The van der Waals surface area contributed by atoms with Gasteiger partial charge in [0, 0.05) is 19.2 Å². The van der Waals surface area contributed by atoms with Gasteiger partial charge in [-0.25, -0.2) is 12.7 Å². The van der Waals surface area contributed by atoms with E-state index in [0.29, 0.717) is 18.0 Å². The van der Waals surface area contributed by atoms with Gasteiger partial charge in [-0.1, -0.05) is 38.2 Å². The summed E-state index contributed by atoms with van der Waals surface area (Å²) in [5, 5.41) is 0. The topological polar surface area (TPSA) is 63.4 Å². The number of benzene rings is 1. The van der Waals surface area contributed by atoms with E-state index in [0.717, 1.165) is 6.42 Å². The second-order valence-electron chi connectivity index (χ2n) is 4.83. The second-order valence-corrected chi connectivity index (χ2v) is 6.88. The van der Waals surface area contributed by atoms with Gasteiger partial charge in [0.2, 0.25) is 10.0 Å². The van der Waals surface area contributed by atoms with E-state index in [9.17, 15) is 8.42 Å². The fraction of sp³-hybridized carbons (Fsp3) is 0.467. The molecule has 0 aliphatic rings. The molecular formula is C15H22N2O2S. The minimum absolute atomic E-state index is 0.255. The molecule has 1 unspecified atom stereocenters. The number of hydrogen-bond donors (Lipinski definition) is 1. The molecule has 1 atom stereocenters. The first-order valence-electron chi connectivity index (χ1n) is 6.67.